The van der Waals surface area contributed by atoms with Gasteiger partial charge in [0.2, 0.25) is 10.0 Å². The Morgan fingerprint density at radius 3 is 2.50 bits per heavy atom. The molecule has 0 spiro atoms. The van der Waals surface area contributed by atoms with Crippen LogP contribution in [0.25, 0.3) is 0 Å². The standard InChI is InChI=1S/C14H18N2O3S/c1-11-7-8-13(19-11)10-16(2)20(17,18)14-6-4-3-5-12(14)9-15/h3-8H,9-10,15H2,1-2H3. The first-order chi connectivity index (χ1) is 9.45. The average molecular weight is 294 g/mol. The number of nitrogens with zero attached hydrogens (tertiary/aromatic N) is 1. The molecule has 1 aromatic heterocycles. The van der Waals surface area contributed by atoms with E-state index in [1.54, 1.807) is 30.3 Å². The summed E-state index contributed by atoms with van der Waals surface area (Å²) in [4.78, 5) is 0.244. The number of nitrogens with two attached hydrogens (primary N) is 1. The molecule has 1 aromatic carbocycles. The first kappa shape index (κ1) is 14.8. The average Bonchev–Trinajstić information content (AvgIpc) is 2.84. The molecule has 108 valence electrons. The van der Waals surface area contributed by atoms with Crippen LogP contribution in [0.15, 0.2) is 45.7 Å². The molecule has 0 radical (unpaired) electrons. The van der Waals surface area contributed by atoms with E-state index >= 15 is 0 Å². The van der Waals surface area contributed by atoms with Crippen molar-refractivity contribution >= 4 is 10.0 Å². The van der Waals surface area contributed by atoms with Crippen molar-refractivity contribution in [3.05, 3.63) is 53.5 Å². The van der Waals surface area contributed by atoms with Gasteiger partial charge in [-0.3, -0.25) is 0 Å². The van der Waals surface area contributed by atoms with Crippen molar-refractivity contribution in [2.24, 2.45) is 5.73 Å². The molecule has 2 rings (SSSR count). The van der Waals surface area contributed by atoms with Crippen LogP contribution in [0.1, 0.15) is 17.1 Å². The van der Waals surface area contributed by atoms with Crippen LogP contribution in [0.4, 0.5) is 0 Å². The van der Waals surface area contributed by atoms with Crippen LogP contribution < -0.4 is 5.73 Å². The van der Waals surface area contributed by atoms with E-state index in [2.05, 4.69) is 0 Å². The molecule has 0 aliphatic carbocycles. The zero-order chi connectivity index (χ0) is 14.8. The van der Waals surface area contributed by atoms with Gasteiger partial charge in [-0.25, -0.2) is 8.42 Å². The summed E-state index contributed by atoms with van der Waals surface area (Å²) in [6.07, 6.45) is 0. The molecule has 0 saturated heterocycles. The van der Waals surface area contributed by atoms with Gasteiger partial charge in [0.05, 0.1) is 11.4 Å². The van der Waals surface area contributed by atoms with E-state index in [4.69, 9.17) is 10.2 Å². The molecule has 0 aliphatic heterocycles. The number of furan rings is 1. The van der Waals surface area contributed by atoms with Gasteiger partial charge in [0.15, 0.2) is 0 Å². The smallest absolute Gasteiger partial charge is 0.243 e. The van der Waals surface area contributed by atoms with Crippen LogP contribution in [0.3, 0.4) is 0 Å². The Labute approximate surface area is 119 Å². The predicted octanol–water partition coefficient (Wildman–Crippen LogP) is 1.87. The largest absolute Gasteiger partial charge is 0.465 e. The molecule has 0 fully saturated rings. The van der Waals surface area contributed by atoms with Crippen LogP contribution >= 0.6 is 0 Å². The Morgan fingerprint density at radius 2 is 1.90 bits per heavy atom. The Balaban J connectivity index is 2.29. The third kappa shape index (κ3) is 2.92. The number of sulfonamides is 1. The van der Waals surface area contributed by atoms with Gasteiger partial charge >= 0.3 is 0 Å². The van der Waals surface area contributed by atoms with Crippen molar-refractivity contribution in [2.45, 2.75) is 24.9 Å². The summed E-state index contributed by atoms with van der Waals surface area (Å²) in [6, 6.07) is 10.3. The third-order valence-electron chi connectivity index (χ3n) is 3.06. The van der Waals surface area contributed by atoms with Gasteiger partial charge in [-0.1, -0.05) is 18.2 Å². The van der Waals surface area contributed by atoms with E-state index in [9.17, 15) is 8.42 Å². The number of aryl methyl sites for hydroxylation is 1. The number of hydrogen-bond acceptors (Lipinski definition) is 4. The van der Waals surface area contributed by atoms with Crippen molar-refractivity contribution in [3.8, 4) is 0 Å². The molecular weight excluding hydrogens is 276 g/mol. The highest BCUT2D eigenvalue weighted by Crippen LogP contribution is 2.21. The first-order valence-corrected chi connectivity index (χ1v) is 7.69. The second-order valence-electron chi connectivity index (χ2n) is 4.59. The van der Waals surface area contributed by atoms with Crippen LogP contribution in [0.2, 0.25) is 0 Å². The topological polar surface area (TPSA) is 76.5 Å². The summed E-state index contributed by atoms with van der Waals surface area (Å²) in [5.41, 5.74) is 6.21. The van der Waals surface area contributed by atoms with Crippen LogP contribution in [0.5, 0.6) is 0 Å². The van der Waals surface area contributed by atoms with Crippen molar-refractivity contribution in [2.75, 3.05) is 7.05 Å². The maximum Gasteiger partial charge on any atom is 0.243 e. The van der Waals surface area contributed by atoms with Gasteiger partial charge in [-0.2, -0.15) is 4.31 Å². The van der Waals surface area contributed by atoms with Gasteiger partial charge in [0.1, 0.15) is 11.5 Å². The maximum atomic E-state index is 12.6. The molecular formula is C14H18N2O3S. The lowest BCUT2D eigenvalue weighted by molar-refractivity contribution is 0.397. The molecule has 0 saturated carbocycles. The highest BCUT2D eigenvalue weighted by Gasteiger charge is 2.24. The van der Waals surface area contributed by atoms with E-state index in [1.807, 2.05) is 13.0 Å². The lowest BCUT2D eigenvalue weighted by Crippen LogP contribution is -2.27. The molecule has 0 atom stereocenters. The predicted molar refractivity (Wildman–Crippen MR) is 76.4 cm³/mol. The lowest BCUT2D eigenvalue weighted by Gasteiger charge is -2.18. The van der Waals surface area contributed by atoms with Crippen molar-refractivity contribution in [1.29, 1.82) is 0 Å². The second-order valence-corrected chi connectivity index (χ2v) is 6.60. The van der Waals surface area contributed by atoms with Crippen molar-refractivity contribution in [3.63, 3.8) is 0 Å². The van der Waals surface area contributed by atoms with Gasteiger partial charge < -0.3 is 10.2 Å². The normalized spacial score (nSPS) is 12.0. The monoisotopic (exact) mass is 294 g/mol. The fraction of sp³-hybridized carbons (Fsp3) is 0.286. The third-order valence-corrected chi connectivity index (χ3v) is 4.96. The van der Waals surface area contributed by atoms with Gasteiger partial charge in [0.25, 0.3) is 0 Å². The van der Waals surface area contributed by atoms with E-state index in [0.717, 1.165) is 5.76 Å². The molecule has 5 nitrogen and oxygen atoms in total. The summed E-state index contributed by atoms with van der Waals surface area (Å²) in [5, 5.41) is 0. The summed E-state index contributed by atoms with van der Waals surface area (Å²) in [5.74, 6) is 1.37. The molecule has 2 aromatic rings. The van der Waals surface area contributed by atoms with Gasteiger partial charge in [-0.05, 0) is 30.7 Å². The van der Waals surface area contributed by atoms with Crippen molar-refractivity contribution in [1.82, 2.24) is 4.31 Å². The molecule has 0 bridgehead atoms. The summed E-state index contributed by atoms with van der Waals surface area (Å²) in [7, 11) is -2.05. The van der Waals surface area contributed by atoms with Crippen molar-refractivity contribution < 1.29 is 12.8 Å². The Bertz CT molecular complexity index is 692. The molecule has 2 N–H and O–H groups in total. The molecule has 20 heavy (non-hydrogen) atoms. The lowest BCUT2D eigenvalue weighted by atomic mass is 10.2. The molecule has 0 amide bonds. The van der Waals surface area contributed by atoms with Crippen LogP contribution in [0, 0.1) is 6.92 Å². The molecule has 0 aliphatic rings. The highest BCUT2D eigenvalue weighted by molar-refractivity contribution is 7.89. The fourth-order valence-corrected chi connectivity index (χ4v) is 3.33. The molecule has 6 heteroatoms. The quantitative estimate of drug-likeness (QED) is 0.913. The van der Waals surface area contributed by atoms with Crippen LogP contribution in [-0.4, -0.2) is 19.8 Å². The minimum absolute atomic E-state index is 0.184. The van der Waals surface area contributed by atoms with Gasteiger partial charge in [0, 0.05) is 13.6 Å². The summed E-state index contributed by atoms with van der Waals surface area (Å²) < 4.78 is 31.8. The first-order valence-electron chi connectivity index (χ1n) is 6.25. The summed E-state index contributed by atoms with van der Waals surface area (Å²) in [6.45, 7) is 2.19. The van der Waals surface area contributed by atoms with E-state index in [0.29, 0.717) is 11.3 Å². The second kappa shape index (κ2) is 5.78. The van der Waals surface area contributed by atoms with E-state index < -0.39 is 10.0 Å². The zero-order valence-electron chi connectivity index (χ0n) is 11.5. The van der Waals surface area contributed by atoms with E-state index in [-0.39, 0.29) is 18.0 Å². The summed E-state index contributed by atoms with van der Waals surface area (Å²) >= 11 is 0. The molecule has 1 heterocycles. The molecule has 0 unspecified atom stereocenters. The Kier molecular flexibility index (Phi) is 4.27. The highest BCUT2D eigenvalue weighted by atomic mass is 32.2. The SMILES string of the molecule is Cc1ccc(CN(C)S(=O)(=O)c2ccccc2CN)o1. The Hall–Kier alpha value is -1.63. The van der Waals surface area contributed by atoms with E-state index in [1.165, 1.54) is 11.4 Å². The maximum absolute atomic E-state index is 12.6. The fourth-order valence-electron chi connectivity index (χ4n) is 1.97. The minimum Gasteiger partial charge on any atom is -0.465 e. The van der Waals surface area contributed by atoms with Gasteiger partial charge in [-0.15, -0.1) is 0 Å². The van der Waals surface area contributed by atoms with Crippen LogP contribution in [-0.2, 0) is 23.1 Å². The minimum atomic E-state index is -3.58. The zero-order valence-corrected chi connectivity index (χ0v) is 12.4. The number of benzene rings is 1. The Morgan fingerprint density at radius 1 is 1.20 bits per heavy atom. The number of rotatable bonds is 5. The number of hydrogen-bond donors (Lipinski definition) is 1.